The van der Waals surface area contributed by atoms with Gasteiger partial charge in [0.15, 0.2) is 5.96 Å². The van der Waals surface area contributed by atoms with Gasteiger partial charge in [-0.15, -0.1) is 35.3 Å². The molecule has 2 N–H and O–H groups in total. The third kappa shape index (κ3) is 8.41. The average Bonchev–Trinajstić information content (AvgIpc) is 3.17. The second-order valence-corrected chi connectivity index (χ2v) is 6.64. The highest BCUT2D eigenvalue weighted by molar-refractivity contribution is 14.0. The summed E-state index contributed by atoms with van der Waals surface area (Å²) in [5.41, 5.74) is 0. The first-order chi connectivity index (χ1) is 10.7. The predicted molar refractivity (Wildman–Crippen MR) is 109 cm³/mol. The Bertz CT molecular complexity index is 538. The van der Waals surface area contributed by atoms with Gasteiger partial charge in [0.05, 0.1) is 12.8 Å². The van der Waals surface area contributed by atoms with Gasteiger partial charge in [-0.3, -0.25) is 0 Å². The highest BCUT2D eigenvalue weighted by Gasteiger charge is 2.02. The maximum absolute atomic E-state index is 5.35. The number of thiophene rings is 1. The summed E-state index contributed by atoms with van der Waals surface area (Å²) in [7, 11) is 0. The van der Waals surface area contributed by atoms with Gasteiger partial charge in [-0.05, 0) is 35.9 Å². The first-order valence-corrected chi connectivity index (χ1v) is 8.69. The minimum atomic E-state index is 0. The van der Waals surface area contributed by atoms with Crippen LogP contribution in [0.25, 0.3) is 0 Å². The number of hydrogen-bond donors (Lipinski definition) is 2. The molecule has 0 aliphatic rings. The van der Waals surface area contributed by atoms with E-state index in [0.717, 1.165) is 44.2 Å². The minimum Gasteiger partial charge on any atom is -0.469 e. The molecule has 0 aromatic carbocycles. The number of furan rings is 1. The molecule has 0 unspecified atom stereocenters. The van der Waals surface area contributed by atoms with E-state index < -0.39 is 0 Å². The third-order valence-electron chi connectivity index (χ3n) is 3.23. The van der Waals surface area contributed by atoms with E-state index >= 15 is 0 Å². The second-order valence-electron chi connectivity index (χ2n) is 5.61. The Labute approximate surface area is 159 Å². The zero-order valence-corrected chi connectivity index (χ0v) is 16.9. The van der Waals surface area contributed by atoms with E-state index in [1.807, 2.05) is 12.1 Å². The number of aliphatic imine (C=N–C) groups is 1. The van der Waals surface area contributed by atoms with Crippen LogP contribution in [0.3, 0.4) is 0 Å². The Balaban J connectivity index is 0.00000264. The molecule has 2 rings (SSSR count). The van der Waals surface area contributed by atoms with Crippen molar-refractivity contribution in [3.63, 3.8) is 0 Å². The summed E-state index contributed by atoms with van der Waals surface area (Å²) < 4.78 is 5.35. The zero-order valence-electron chi connectivity index (χ0n) is 13.7. The molecule has 0 spiro atoms. The van der Waals surface area contributed by atoms with Crippen molar-refractivity contribution in [3.8, 4) is 0 Å². The average molecular weight is 447 g/mol. The van der Waals surface area contributed by atoms with E-state index in [0.29, 0.717) is 5.92 Å². The third-order valence-corrected chi connectivity index (χ3v) is 4.09. The van der Waals surface area contributed by atoms with Crippen LogP contribution in [0.1, 0.15) is 30.9 Å². The first-order valence-electron chi connectivity index (χ1n) is 7.81. The molecule has 0 aliphatic heterocycles. The number of nitrogens with one attached hydrogen (secondary N) is 2. The monoisotopic (exact) mass is 447 g/mol. The fraction of sp³-hybridized carbons (Fsp3) is 0.471. The van der Waals surface area contributed by atoms with E-state index in [1.54, 1.807) is 17.6 Å². The van der Waals surface area contributed by atoms with Crippen LogP contribution in [0, 0.1) is 5.92 Å². The molecule has 0 saturated heterocycles. The van der Waals surface area contributed by atoms with Crippen molar-refractivity contribution in [2.24, 2.45) is 10.9 Å². The molecule has 0 atom stereocenters. The van der Waals surface area contributed by atoms with Gasteiger partial charge in [0.25, 0.3) is 0 Å². The Kier molecular flexibility index (Phi) is 10.0. The molecule has 0 bridgehead atoms. The van der Waals surface area contributed by atoms with Gasteiger partial charge < -0.3 is 15.1 Å². The first kappa shape index (κ1) is 20.0. The van der Waals surface area contributed by atoms with Gasteiger partial charge in [0.1, 0.15) is 5.76 Å². The minimum absolute atomic E-state index is 0. The normalized spacial score (nSPS) is 11.3. The number of nitrogens with zero attached hydrogens (tertiary/aromatic N) is 1. The quantitative estimate of drug-likeness (QED) is 0.361. The zero-order chi connectivity index (χ0) is 15.6. The molecule has 6 heteroatoms. The molecule has 0 saturated carbocycles. The van der Waals surface area contributed by atoms with Crippen molar-refractivity contribution in [2.75, 3.05) is 13.1 Å². The highest BCUT2D eigenvalue weighted by atomic mass is 127. The van der Waals surface area contributed by atoms with E-state index in [1.165, 1.54) is 4.88 Å². The summed E-state index contributed by atoms with van der Waals surface area (Å²) in [6, 6.07) is 8.09. The molecule has 2 heterocycles. The largest absolute Gasteiger partial charge is 0.469 e. The Morgan fingerprint density at radius 3 is 2.70 bits per heavy atom. The van der Waals surface area contributed by atoms with Crippen molar-refractivity contribution >= 4 is 41.3 Å². The number of halogens is 1. The van der Waals surface area contributed by atoms with Crippen molar-refractivity contribution in [2.45, 2.75) is 33.2 Å². The fourth-order valence-corrected chi connectivity index (χ4v) is 2.60. The fourth-order valence-electron chi connectivity index (χ4n) is 1.97. The predicted octanol–water partition coefficient (Wildman–Crippen LogP) is 4.28. The van der Waals surface area contributed by atoms with Crippen LogP contribution in [-0.2, 0) is 13.0 Å². The van der Waals surface area contributed by atoms with E-state index in [2.05, 4.69) is 47.0 Å². The van der Waals surface area contributed by atoms with Crippen LogP contribution < -0.4 is 10.6 Å². The van der Waals surface area contributed by atoms with Gasteiger partial charge in [-0.2, -0.15) is 0 Å². The van der Waals surface area contributed by atoms with Crippen LogP contribution in [0.5, 0.6) is 0 Å². The molecule has 0 fully saturated rings. The smallest absolute Gasteiger partial charge is 0.191 e. The summed E-state index contributed by atoms with van der Waals surface area (Å²) in [5, 5.41) is 8.87. The van der Waals surface area contributed by atoms with Gasteiger partial charge in [-0.25, -0.2) is 4.99 Å². The maximum atomic E-state index is 5.35. The van der Waals surface area contributed by atoms with Gasteiger partial charge in [0, 0.05) is 24.4 Å². The van der Waals surface area contributed by atoms with E-state index in [9.17, 15) is 0 Å². The van der Waals surface area contributed by atoms with Gasteiger partial charge in [-0.1, -0.05) is 19.9 Å². The van der Waals surface area contributed by atoms with Gasteiger partial charge in [0.2, 0.25) is 0 Å². The number of hydrogen-bond acceptors (Lipinski definition) is 3. The van der Waals surface area contributed by atoms with Crippen LogP contribution >= 0.6 is 35.3 Å². The van der Waals surface area contributed by atoms with Crippen molar-refractivity contribution in [1.29, 1.82) is 0 Å². The van der Waals surface area contributed by atoms with E-state index in [-0.39, 0.29) is 24.0 Å². The second kappa shape index (κ2) is 11.5. The highest BCUT2D eigenvalue weighted by Crippen LogP contribution is 2.09. The number of rotatable bonds is 8. The lowest BCUT2D eigenvalue weighted by atomic mass is 10.1. The van der Waals surface area contributed by atoms with Crippen LogP contribution in [0.4, 0.5) is 0 Å². The van der Waals surface area contributed by atoms with Crippen LogP contribution in [0.15, 0.2) is 45.3 Å². The van der Waals surface area contributed by atoms with Crippen molar-refractivity contribution in [3.05, 3.63) is 46.5 Å². The molecule has 2 aromatic heterocycles. The summed E-state index contributed by atoms with van der Waals surface area (Å²) in [6.07, 6.45) is 3.71. The summed E-state index contributed by atoms with van der Waals surface area (Å²) in [6.45, 7) is 6.93. The van der Waals surface area contributed by atoms with Crippen molar-refractivity contribution < 1.29 is 4.42 Å². The van der Waals surface area contributed by atoms with E-state index in [4.69, 9.17) is 4.42 Å². The number of guanidine groups is 1. The molecule has 4 nitrogen and oxygen atoms in total. The topological polar surface area (TPSA) is 49.6 Å². The summed E-state index contributed by atoms with van der Waals surface area (Å²) in [5.74, 6) is 2.56. The SMILES string of the molecule is CC(C)CCNC(=NCc1cccs1)NCCc1ccco1.I. The Morgan fingerprint density at radius 1 is 1.22 bits per heavy atom. The lowest BCUT2D eigenvalue weighted by Crippen LogP contribution is -2.39. The Hall–Kier alpha value is -1.02. The molecule has 128 valence electrons. The van der Waals surface area contributed by atoms with Crippen molar-refractivity contribution in [1.82, 2.24) is 10.6 Å². The molecule has 0 amide bonds. The summed E-state index contributed by atoms with van der Waals surface area (Å²) >= 11 is 1.74. The Morgan fingerprint density at radius 2 is 2.04 bits per heavy atom. The van der Waals surface area contributed by atoms with Crippen LogP contribution in [-0.4, -0.2) is 19.0 Å². The molecule has 0 aliphatic carbocycles. The lowest BCUT2D eigenvalue weighted by molar-refractivity contribution is 0.506. The molecular formula is C17H26IN3OS. The molecule has 23 heavy (non-hydrogen) atoms. The molecule has 2 aromatic rings. The lowest BCUT2D eigenvalue weighted by Gasteiger charge is -2.13. The van der Waals surface area contributed by atoms with Crippen LogP contribution in [0.2, 0.25) is 0 Å². The molecule has 0 radical (unpaired) electrons. The maximum Gasteiger partial charge on any atom is 0.191 e. The summed E-state index contributed by atoms with van der Waals surface area (Å²) in [4.78, 5) is 5.93. The molecular weight excluding hydrogens is 421 g/mol. The van der Waals surface area contributed by atoms with Gasteiger partial charge >= 0.3 is 0 Å². The standard InChI is InChI=1S/C17H25N3OS.HI/c1-14(2)7-9-18-17(20-13-16-6-4-12-22-16)19-10-8-15-5-3-11-21-15;/h3-6,11-12,14H,7-10,13H2,1-2H3,(H2,18,19,20);1H.